The lowest BCUT2D eigenvalue weighted by Gasteiger charge is -2.33. The van der Waals surface area contributed by atoms with Crippen molar-refractivity contribution in [3.05, 3.63) is 0 Å². The molecule has 0 aliphatic heterocycles. The monoisotopic (exact) mass is 404 g/mol. The van der Waals surface area contributed by atoms with Gasteiger partial charge in [0.2, 0.25) is 11.8 Å². The minimum Gasteiger partial charge on any atom is -0.394 e. The second-order valence-electron chi connectivity index (χ2n) is 8.13. The van der Waals surface area contributed by atoms with Crippen LogP contribution in [-0.2, 0) is 9.59 Å². The van der Waals surface area contributed by atoms with E-state index in [4.69, 9.17) is 0 Å². The zero-order valence-electron chi connectivity index (χ0n) is 17.7. The summed E-state index contributed by atoms with van der Waals surface area (Å²) in [6.45, 7) is 7.66. The van der Waals surface area contributed by atoms with Crippen LogP contribution in [0.25, 0.3) is 0 Å². The van der Waals surface area contributed by atoms with E-state index in [0.29, 0.717) is 12.8 Å². The normalized spacial score (nSPS) is 13.6. The van der Waals surface area contributed by atoms with Crippen LogP contribution >= 0.6 is 0 Å². The maximum absolute atomic E-state index is 12.6. The van der Waals surface area contributed by atoms with Crippen LogP contribution in [0.4, 0.5) is 0 Å². The number of amides is 2. The highest BCUT2D eigenvalue weighted by Crippen LogP contribution is 2.20. The van der Waals surface area contributed by atoms with Gasteiger partial charge in [0, 0.05) is 0 Å². The number of hydrogen-bond acceptors (Lipinski definition) is 8. The third-order valence-electron chi connectivity index (χ3n) is 4.98. The molecule has 0 aromatic carbocycles. The van der Waals surface area contributed by atoms with Crippen LogP contribution in [-0.4, -0.2) is 80.8 Å². The minimum absolute atomic E-state index is 0.314. The summed E-state index contributed by atoms with van der Waals surface area (Å²) in [5, 5.41) is 51.1. The lowest BCUT2D eigenvalue weighted by atomic mass is 9.95. The first-order chi connectivity index (χ1) is 12.8. The summed E-state index contributed by atoms with van der Waals surface area (Å²) >= 11 is 0. The average molecular weight is 405 g/mol. The topological polar surface area (TPSA) is 164 Å². The number of nitrogens with zero attached hydrogens (tertiary/aromatic N) is 2. The van der Waals surface area contributed by atoms with Crippen molar-refractivity contribution in [2.45, 2.75) is 76.5 Å². The van der Waals surface area contributed by atoms with E-state index in [1.165, 1.54) is 27.7 Å². The van der Waals surface area contributed by atoms with Crippen LogP contribution in [0.15, 0.2) is 10.2 Å². The van der Waals surface area contributed by atoms with Crippen LogP contribution in [0.5, 0.6) is 0 Å². The van der Waals surface area contributed by atoms with Gasteiger partial charge in [-0.15, -0.1) is 0 Å². The van der Waals surface area contributed by atoms with Crippen molar-refractivity contribution < 1.29 is 30.0 Å². The summed E-state index contributed by atoms with van der Waals surface area (Å²) in [5.41, 5.74) is -5.06. The van der Waals surface area contributed by atoms with Gasteiger partial charge in [-0.1, -0.05) is 13.8 Å². The molecule has 10 heteroatoms. The van der Waals surface area contributed by atoms with Gasteiger partial charge in [-0.2, -0.15) is 10.2 Å². The molecular formula is C18H36N4O6. The van der Waals surface area contributed by atoms with Gasteiger partial charge in [0.25, 0.3) is 0 Å². The molecule has 0 saturated carbocycles. The lowest BCUT2D eigenvalue weighted by Crippen LogP contribution is -2.59. The second-order valence-corrected chi connectivity index (χ2v) is 8.13. The van der Waals surface area contributed by atoms with E-state index >= 15 is 0 Å². The van der Waals surface area contributed by atoms with Crippen molar-refractivity contribution >= 4 is 11.8 Å². The summed E-state index contributed by atoms with van der Waals surface area (Å²) < 4.78 is 0. The SMILES string of the molecule is CCC(CO)(CO)NC(=O)C(C)(C)N=NC(C)(C)C(=O)NC(CC)(CO)CO. The molecule has 0 aliphatic carbocycles. The summed E-state index contributed by atoms with van der Waals surface area (Å²) in [5.74, 6) is -1.13. The molecular weight excluding hydrogens is 368 g/mol. The predicted octanol–water partition coefficient (Wildman–Crippen LogP) is -0.505. The van der Waals surface area contributed by atoms with Crippen molar-refractivity contribution in [1.82, 2.24) is 10.6 Å². The van der Waals surface area contributed by atoms with Crippen molar-refractivity contribution in [2.24, 2.45) is 10.2 Å². The highest BCUT2D eigenvalue weighted by molar-refractivity contribution is 5.87. The Bertz CT molecular complexity index is 490. The van der Waals surface area contributed by atoms with Gasteiger partial charge < -0.3 is 31.1 Å². The molecule has 0 rings (SSSR count). The first-order valence-electron chi connectivity index (χ1n) is 9.36. The third-order valence-corrected chi connectivity index (χ3v) is 4.98. The molecule has 6 N–H and O–H groups in total. The fourth-order valence-electron chi connectivity index (χ4n) is 2.01. The molecule has 0 aromatic heterocycles. The van der Waals surface area contributed by atoms with E-state index in [-0.39, 0.29) is 0 Å². The van der Waals surface area contributed by atoms with Gasteiger partial charge in [0.1, 0.15) is 0 Å². The molecule has 0 atom stereocenters. The van der Waals surface area contributed by atoms with E-state index in [9.17, 15) is 30.0 Å². The van der Waals surface area contributed by atoms with Gasteiger partial charge >= 0.3 is 0 Å². The zero-order chi connectivity index (χ0) is 22.2. The molecule has 0 heterocycles. The lowest BCUT2D eigenvalue weighted by molar-refractivity contribution is -0.130. The van der Waals surface area contributed by atoms with Gasteiger partial charge in [-0.3, -0.25) is 9.59 Å². The fraction of sp³-hybridized carbons (Fsp3) is 0.889. The van der Waals surface area contributed by atoms with E-state index in [0.717, 1.165) is 0 Å². The Morgan fingerprint density at radius 1 is 0.679 bits per heavy atom. The Morgan fingerprint density at radius 3 is 1.11 bits per heavy atom. The molecule has 10 nitrogen and oxygen atoms in total. The number of aliphatic hydroxyl groups is 4. The highest BCUT2D eigenvalue weighted by atomic mass is 16.3. The Morgan fingerprint density at radius 2 is 0.929 bits per heavy atom. The zero-order valence-corrected chi connectivity index (χ0v) is 17.7. The van der Waals surface area contributed by atoms with E-state index in [1.807, 2.05) is 0 Å². The van der Waals surface area contributed by atoms with Crippen LogP contribution in [0.3, 0.4) is 0 Å². The molecule has 164 valence electrons. The van der Waals surface area contributed by atoms with Crippen molar-refractivity contribution in [3.63, 3.8) is 0 Å². The first kappa shape index (κ1) is 26.4. The number of nitrogens with one attached hydrogen (secondary N) is 2. The summed E-state index contributed by atoms with van der Waals surface area (Å²) in [7, 11) is 0. The Balaban J connectivity index is 5.39. The number of hydrogen-bond donors (Lipinski definition) is 6. The quantitative estimate of drug-likeness (QED) is 0.240. The molecule has 0 radical (unpaired) electrons. The first-order valence-corrected chi connectivity index (χ1v) is 9.36. The second kappa shape index (κ2) is 10.2. The van der Waals surface area contributed by atoms with Crippen molar-refractivity contribution in [1.29, 1.82) is 0 Å². The highest BCUT2D eigenvalue weighted by Gasteiger charge is 2.39. The molecule has 0 aromatic rings. The largest absolute Gasteiger partial charge is 0.394 e. The van der Waals surface area contributed by atoms with E-state index < -0.39 is 60.4 Å². The Kier molecular flexibility index (Phi) is 9.65. The number of carbonyl (C=O) groups excluding carboxylic acids is 2. The van der Waals surface area contributed by atoms with Crippen LogP contribution in [0.2, 0.25) is 0 Å². The predicted molar refractivity (Wildman–Crippen MR) is 104 cm³/mol. The molecule has 0 spiro atoms. The molecule has 2 amide bonds. The van der Waals surface area contributed by atoms with Crippen LogP contribution in [0.1, 0.15) is 54.4 Å². The molecule has 0 bridgehead atoms. The maximum Gasteiger partial charge on any atom is 0.249 e. The summed E-state index contributed by atoms with van der Waals surface area (Å²) in [6.07, 6.45) is 0.628. The van der Waals surface area contributed by atoms with Gasteiger partial charge in [-0.25, -0.2) is 0 Å². The van der Waals surface area contributed by atoms with Gasteiger partial charge in [-0.05, 0) is 40.5 Å². The van der Waals surface area contributed by atoms with Crippen LogP contribution < -0.4 is 10.6 Å². The van der Waals surface area contributed by atoms with Crippen molar-refractivity contribution in [2.75, 3.05) is 26.4 Å². The fourth-order valence-corrected chi connectivity index (χ4v) is 2.01. The Hall–Kier alpha value is -1.62. The Labute approximate surface area is 166 Å². The summed E-state index contributed by atoms with van der Waals surface area (Å²) in [4.78, 5) is 25.1. The molecule has 0 unspecified atom stereocenters. The molecule has 0 saturated heterocycles. The smallest absolute Gasteiger partial charge is 0.249 e. The van der Waals surface area contributed by atoms with Gasteiger partial charge in [0.05, 0.1) is 37.5 Å². The van der Waals surface area contributed by atoms with E-state index in [2.05, 4.69) is 20.9 Å². The number of aliphatic hydroxyl groups excluding tert-OH is 4. The average Bonchev–Trinajstić information content (AvgIpc) is 2.68. The van der Waals surface area contributed by atoms with Gasteiger partial charge in [0.15, 0.2) is 11.1 Å². The van der Waals surface area contributed by atoms with Crippen LogP contribution in [0, 0.1) is 0 Å². The minimum atomic E-state index is -1.36. The molecule has 0 aliphatic rings. The molecule has 0 fully saturated rings. The number of azo groups is 1. The summed E-state index contributed by atoms with van der Waals surface area (Å²) in [6, 6.07) is 0. The number of carbonyl (C=O) groups is 2. The number of rotatable bonds is 12. The standard InChI is InChI=1S/C18H36N4O6/c1-7-17(9-23,10-24)19-13(27)15(3,4)21-22-16(5,6)14(28)20-18(8-2,11-25)12-26/h23-26H,7-12H2,1-6H3,(H,19,27)(H,20,28). The third kappa shape index (κ3) is 6.47. The van der Waals surface area contributed by atoms with Crippen molar-refractivity contribution in [3.8, 4) is 0 Å². The van der Waals surface area contributed by atoms with E-state index in [1.54, 1.807) is 13.8 Å². The molecule has 28 heavy (non-hydrogen) atoms. The maximum atomic E-state index is 12.6.